The zero-order valence-corrected chi connectivity index (χ0v) is 30.8. The fraction of sp³-hybridized carbons (Fsp3) is 0.293. The first-order valence-corrected chi connectivity index (χ1v) is 20.1. The van der Waals surface area contributed by atoms with E-state index in [4.69, 9.17) is 0 Å². The molecule has 44 heavy (non-hydrogen) atoms. The molecule has 0 fully saturated rings. The predicted octanol–water partition coefficient (Wildman–Crippen LogP) is 4.96. The standard InChI is InChI=1S/C17H17.C13H10.C11H17.2ClH.Zr/c1-3-12-5-7-16-14(9-12)11-15-10-13(4-2)6-8-17(15)16;1-3-7-12(8-4-1)11-13-9-5-2-6-10-13;1-4-9-7-8-10(5-2)11(9)6-3;;;/h5-11H,3-4H2,1-2H3;1-10H;4-7H2,1-3H3;2*1H;/q;;;;;+2/p-2. The molecule has 2 aliphatic carbocycles. The molecular formula is C41H44Cl2Zr. The molecule has 0 spiro atoms. The molecule has 4 aromatic rings. The van der Waals surface area contributed by atoms with Gasteiger partial charge in [-0.2, -0.15) is 0 Å². The van der Waals surface area contributed by atoms with Crippen LogP contribution in [-0.4, -0.2) is 3.21 Å². The van der Waals surface area contributed by atoms with Crippen LogP contribution >= 0.6 is 0 Å². The monoisotopic (exact) mass is 696 g/mol. The maximum atomic E-state index is 2.59. The van der Waals surface area contributed by atoms with Gasteiger partial charge in [0.15, 0.2) is 0 Å². The molecule has 6 rings (SSSR count). The summed E-state index contributed by atoms with van der Waals surface area (Å²) in [4.78, 5) is 0. The van der Waals surface area contributed by atoms with E-state index < -0.39 is 21.3 Å². The number of aryl methyl sites for hydroxylation is 2. The average Bonchev–Trinajstić information content (AvgIpc) is 3.58. The van der Waals surface area contributed by atoms with Gasteiger partial charge in [0.05, 0.1) is 0 Å². The van der Waals surface area contributed by atoms with E-state index in [2.05, 4.69) is 132 Å². The molecule has 0 unspecified atom stereocenters. The van der Waals surface area contributed by atoms with Crippen LogP contribution in [0.4, 0.5) is 0 Å². The van der Waals surface area contributed by atoms with Crippen molar-refractivity contribution in [1.82, 2.24) is 0 Å². The number of hydrogen-bond donors (Lipinski definition) is 0. The van der Waals surface area contributed by atoms with Crippen molar-refractivity contribution in [3.05, 3.63) is 150 Å². The molecule has 0 radical (unpaired) electrons. The van der Waals surface area contributed by atoms with Crippen LogP contribution in [0.2, 0.25) is 0 Å². The predicted molar refractivity (Wildman–Crippen MR) is 178 cm³/mol. The molecule has 0 saturated carbocycles. The summed E-state index contributed by atoms with van der Waals surface area (Å²) in [6.07, 6.45) is 6.79. The molecule has 226 valence electrons. The van der Waals surface area contributed by atoms with Gasteiger partial charge in [0, 0.05) is 0 Å². The first-order chi connectivity index (χ1) is 20.6. The minimum Gasteiger partial charge on any atom is -1.00 e. The van der Waals surface area contributed by atoms with E-state index in [1.165, 1.54) is 39.8 Å². The number of allylic oxidation sites excluding steroid dienone is 4. The fourth-order valence-electron chi connectivity index (χ4n) is 7.58. The van der Waals surface area contributed by atoms with E-state index in [0.29, 0.717) is 3.63 Å². The van der Waals surface area contributed by atoms with Crippen LogP contribution in [0.5, 0.6) is 0 Å². The number of fused-ring (bicyclic) bond motifs is 3. The molecule has 0 bridgehead atoms. The molecule has 0 heterocycles. The summed E-state index contributed by atoms with van der Waals surface area (Å²) >= 11 is -2.75. The molecule has 2 aliphatic rings. The molecule has 0 nitrogen and oxygen atoms in total. The second kappa shape index (κ2) is 15.3. The van der Waals surface area contributed by atoms with Crippen molar-refractivity contribution in [3.8, 4) is 11.1 Å². The van der Waals surface area contributed by atoms with E-state index in [-0.39, 0.29) is 24.8 Å². The topological polar surface area (TPSA) is 0 Å². The first kappa shape index (κ1) is 34.6. The van der Waals surface area contributed by atoms with Gasteiger partial charge >= 0.3 is 263 Å². The summed E-state index contributed by atoms with van der Waals surface area (Å²) in [5.41, 5.74) is 17.0. The SMILES string of the molecule is CCC1=C(CC)C(CC)=[C]([Zr+2](=[C](c2ccccc2)c2ccccc2)[CH]2c3cc(CC)ccc3-c3ccc(CC)cc32)C1.[Cl-].[Cl-]. The van der Waals surface area contributed by atoms with E-state index >= 15 is 0 Å². The zero-order valence-electron chi connectivity index (χ0n) is 26.8. The zero-order chi connectivity index (χ0) is 29.2. The van der Waals surface area contributed by atoms with E-state index in [0.717, 1.165) is 32.1 Å². The molecule has 0 saturated heterocycles. The van der Waals surface area contributed by atoms with Gasteiger partial charge < -0.3 is 24.8 Å². The van der Waals surface area contributed by atoms with Gasteiger partial charge in [-0.15, -0.1) is 0 Å². The number of rotatable bonds is 9. The molecule has 0 aliphatic heterocycles. The van der Waals surface area contributed by atoms with Crippen molar-refractivity contribution in [2.24, 2.45) is 0 Å². The Morgan fingerprint density at radius 2 is 1.05 bits per heavy atom. The van der Waals surface area contributed by atoms with E-state index in [1.807, 2.05) is 3.28 Å². The number of halogens is 2. The molecule has 0 N–H and O–H groups in total. The first-order valence-electron chi connectivity index (χ1n) is 16.2. The van der Waals surface area contributed by atoms with Crippen LogP contribution in [0.25, 0.3) is 11.1 Å². The van der Waals surface area contributed by atoms with Crippen LogP contribution in [0.3, 0.4) is 0 Å². The summed E-state index contributed by atoms with van der Waals surface area (Å²) in [6.45, 7) is 11.8. The van der Waals surface area contributed by atoms with Gasteiger partial charge in [-0.3, -0.25) is 0 Å². The van der Waals surface area contributed by atoms with Gasteiger partial charge in [0.2, 0.25) is 0 Å². The molecule has 0 atom stereocenters. The molecule has 4 aromatic carbocycles. The van der Waals surface area contributed by atoms with Crippen molar-refractivity contribution >= 4 is 3.21 Å². The Morgan fingerprint density at radius 3 is 1.45 bits per heavy atom. The quantitative estimate of drug-likeness (QED) is 0.232. The molecule has 0 aromatic heterocycles. The largest absolute Gasteiger partial charge is 1.00 e. The van der Waals surface area contributed by atoms with Crippen LogP contribution in [-0.2, 0) is 34.1 Å². The Hall–Kier alpha value is -2.31. The summed E-state index contributed by atoms with van der Waals surface area (Å²) in [5.74, 6) is 0. The Labute approximate surface area is 285 Å². The van der Waals surface area contributed by atoms with E-state index in [1.54, 1.807) is 31.1 Å². The number of benzene rings is 4. The van der Waals surface area contributed by atoms with Gasteiger partial charge in [0.25, 0.3) is 0 Å². The van der Waals surface area contributed by atoms with Crippen molar-refractivity contribution in [1.29, 1.82) is 0 Å². The van der Waals surface area contributed by atoms with E-state index in [9.17, 15) is 0 Å². The second-order valence-electron chi connectivity index (χ2n) is 11.8. The summed E-state index contributed by atoms with van der Waals surface area (Å²) in [7, 11) is 0. The van der Waals surface area contributed by atoms with Gasteiger partial charge in [-0.25, -0.2) is 0 Å². The Kier molecular flexibility index (Phi) is 12.0. The minimum absolute atomic E-state index is 0. The van der Waals surface area contributed by atoms with Crippen molar-refractivity contribution in [2.75, 3.05) is 0 Å². The third-order valence-electron chi connectivity index (χ3n) is 9.65. The smallest absolute Gasteiger partial charge is 1.00 e. The van der Waals surface area contributed by atoms with Crippen LogP contribution in [0, 0.1) is 0 Å². The van der Waals surface area contributed by atoms with Crippen molar-refractivity contribution in [3.63, 3.8) is 0 Å². The van der Waals surface area contributed by atoms with Gasteiger partial charge in [-0.05, 0) is 0 Å². The fourth-order valence-corrected chi connectivity index (χ4v) is 17.5. The Morgan fingerprint density at radius 1 is 0.568 bits per heavy atom. The molecular weight excluding hydrogens is 655 g/mol. The normalized spacial score (nSPS) is 13.5. The van der Waals surface area contributed by atoms with Crippen LogP contribution < -0.4 is 24.8 Å². The van der Waals surface area contributed by atoms with Crippen molar-refractivity contribution in [2.45, 2.75) is 76.8 Å². The van der Waals surface area contributed by atoms with Gasteiger partial charge in [-0.1, -0.05) is 0 Å². The third kappa shape index (κ3) is 6.23. The second-order valence-corrected chi connectivity index (χ2v) is 17.9. The third-order valence-corrected chi connectivity index (χ3v) is 18.1. The Bertz CT molecular complexity index is 1620. The van der Waals surface area contributed by atoms with Crippen LogP contribution in [0.15, 0.2) is 117 Å². The maximum absolute atomic E-state index is 2.75. The average molecular weight is 699 g/mol. The van der Waals surface area contributed by atoms with Crippen LogP contribution in [0.1, 0.15) is 97.3 Å². The summed E-state index contributed by atoms with van der Waals surface area (Å²) in [5, 5.41) is 0. The Balaban J connectivity index is 0.00000221. The molecule has 3 heteroatoms. The summed E-state index contributed by atoms with van der Waals surface area (Å²) < 4.78 is 3.99. The van der Waals surface area contributed by atoms with Crippen molar-refractivity contribution < 1.29 is 46.1 Å². The number of hydrogen-bond acceptors (Lipinski definition) is 0. The van der Waals surface area contributed by atoms with Gasteiger partial charge in [0.1, 0.15) is 0 Å². The molecule has 0 amide bonds. The minimum atomic E-state index is -2.75. The summed E-state index contributed by atoms with van der Waals surface area (Å²) in [6, 6.07) is 37.7. The maximum Gasteiger partial charge on any atom is -1.00 e.